The van der Waals surface area contributed by atoms with E-state index in [1.54, 1.807) is 24.3 Å². The van der Waals surface area contributed by atoms with Gasteiger partial charge in [-0.15, -0.1) is 0 Å². The van der Waals surface area contributed by atoms with Crippen molar-refractivity contribution in [2.45, 2.75) is 12.2 Å². The van der Waals surface area contributed by atoms with Gasteiger partial charge in [0.05, 0.1) is 11.6 Å². The van der Waals surface area contributed by atoms with E-state index < -0.39 is 29.2 Å². The number of aromatic amines is 1. The lowest BCUT2D eigenvalue weighted by Gasteiger charge is -2.20. The summed E-state index contributed by atoms with van der Waals surface area (Å²) in [4.78, 5) is 41.2. The maximum absolute atomic E-state index is 12.9. The summed E-state index contributed by atoms with van der Waals surface area (Å²) >= 11 is 5.89. The zero-order chi connectivity index (χ0) is 21.9. The number of carbonyl (C=O) groups excluding carboxylic acids is 2. The molecule has 2 N–H and O–H groups in total. The summed E-state index contributed by atoms with van der Waals surface area (Å²) in [7, 11) is 0. The molecule has 0 radical (unpaired) electrons. The van der Waals surface area contributed by atoms with Crippen LogP contribution in [0.2, 0.25) is 5.02 Å². The van der Waals surface area contributed by atoms with Crippen LogP contribution in [0.1, 0.15) is 43.7 Å². The first kappa shape index (κ1) is 21.3. The first-order valence-corrected chi connectivity index (χ1v) is 8.85. The van der Waals surface area contributed by atoms with Crippen LogP contribution in [0.3, 0.4) is 0 Å². The molecule has 0 bridgehead atoms. The fourth-order valence-corrected chi connectivity index (χ4v) is 2.84. The molecular formula is C20H13ClF3N3O3. The van der Waals surface area contributed by atoms with E-state index in [1.165, 1.54) is 12.1 Å². The Bertz CT molecular complexity index is 1130. The van der Waals surface area contributed by atoms with Crippen molar-refractivity contribution in [2.24, 2.45) is 0 Å². The van der Waals surface area contributed by atoms with Crippen molar-refractivity contribution in [3.63, 3.8) is 0 Å². The zero-order valence-corrected chi connectivity index (χ0v) is 15.8. The van der Waals surface area contributed by atoms with Gasteiger partial charge in [0.1, 0.15) is 5.56 Å². The molecule has 3 aromatic rings. The molecule has 0 aliphatic heterocycles. The summed E-state index contributed by atoms with van der Waals surface area (Å²) in [5.41, 5.74) is -1.13. The largest absolute Gasteiger partial charge is 0.416 e. The van der Waals surface area contributed by atoms with Crippen molar-refractivity contribution in [1.29, 1.82) is 0 Å². The quantitative estimate of drug-likeness (QED) is 0.597. The molecule has 1 unspecified atom stereocenters. The van der Waals surface area contributed by atoms with Crippen LogP contribution in [-0.4, -0.2) is 22.2 Å². The second-order valence-electron chi connectivity index (χ2n) is 6.21. The lowest BCUT2D eigenvalue weighted by Crippen LogP contribution is -2.34. The number of hydrogen-bond donors (Lipinski definition) is 2. The Morgan fingerprint density at radius 3 is 2.13 bits per heavy atom. The second-order valence-corrected chi connectivity index (χ2v) is 6.64. The standard InChI is InChI=1S/C20H13ClF3N3O3/c21-14-7-3-12(4-8-14)17(11-1-5-13(6-2-11)20(22,23)24)27-19(30)15-9-25-16(10-28)26-18(15)29/h1-10,17H,(H,27,30)(H,25,26,29). The topological polar surface area (TPSA) is 91.9 Å². The van der Waals surface area contributed by atoms with Crippen molar-refractivity contribution >= 4 is 23.8 Å². The molecule has 0 aliphatic rings. The van der Waals surface area contributed by atoms with Crippen LogP contribution in [0, 0.1) is 0 Å². The van der Waals surface area contributed by atoms with Crippen LogP contribution in [0.4, 0.5) is 13.2 Å². The third kappa shape index (κ3) is 4.74. The Morgan fingerprint density at radius 2 is 1.63 bits per heavy atom. The van der Waals surface area contributed by atoms with Gasteiger partial charge in [-0.05, 0) is 35.4 Å². The minimum absolute atomic E-state index is 0.242. The molecule has 6 nitrogen and oxygen atoms in total. The van der Waals surface area contributed by atoms with Gasteiger partial charge in [0.25, 0.3) is 11.5 Å². The van der Waals surface area contributed by atoms with E-state index in [0.29, 0.717) is 22.4 Å². The second kappa shape index (κ2) is 8.50. The van der Waals surface area contributed by atoms with Gasteiger partial charge in [0, 0.05) is 11.2 Å². The number of hydrogen-bond acceptors (Lipinski definition) is 4. The van der Waals surface area contributed by atoms with Gasteiger partial charge >= 0.3 is 6.18 Å². The molecule has 1 amide bonds. The monoisotopic (exact) mass is 435 g/mol. The van der Waals surface area contributed by atoms with Crippen LogP contribution in [0.15, 0.2) is 59.5 Å². The van der Waals surface area contributed by atoms with E-state index in [9.17, 15) is 27.6 Å². The first-order valence-electron chi connectivity index (χ1n) is 8.47. The molecule has 0 aliphatic carbocycles. The summed E-state index contributed by atoms with van der Waals surface area (Å²) in [5, 5.41) is 3.04. The highest BCUT2D eigenvalue weighted by atomic mass is 35.5. The number of nitrogens with zero attached hydrogens (tertiary/aromatic N) is 1. The SMILES string of the molecule is O=Cc1ncc(C(=O)NC(c2ccc(Cl)cc2)c2ccc(C(F)(F)F)cc2)c(=O)[nH]1. The summed E-state index contributed by atoms with van der Waals surface area (Å²) in [6, 6.07) is 9.73. The van der Waals surface area contributed by atoms with E-state index in [0.717, 1.165) is 18.3 Å². The Balaban J connectivity index is 1.98. The van der Waals surface area contributed by atoms with Crippen molar-refractivity contribution in [1.82, 2.24) is 15.3 Å². The summed E-state index contributed by atoms with van der Waals surface area (Å²) < 4.78 is 38.6. The molecule has 154 valence electrons. The number of H-pyrrole nitrogens is 1. The van der Waals surface area contributed by atoms with Gasteiger partial charge in [-0.1, -0.05) is 35.9 Å². The van der Waals surface area contributed by atoms with Gasteiger partial charge in [-0.25, -0.2) is 4.98 Å². The molecule has 0 saturated carbocycles. The van der Waals surface area contributed by atoms with E-state index in [-0.39, 0.29) is 11.4 Å². The highest BCUT2D eigenvalue weighted by molar-refractivity contribution is 6.30. The molecule has 1 aromatic heterocycles. The van der Waals surface area contributed by atoms with E-state index in [2.05, 4.69) is 15.3 Å². The van der Waals surface area contributed by atoms with Gasteiger partial charge in [0.2, 0.25) is 0 Å². The molecule has 30 heavy (non-hydrogen) atoms. The van der Waals surface area contributed by atoms with Crippen molar-refractivity contribution in [2.75, 3.05) is 0 Å². The number of aromatic nitrogens is 2. The van der Waals surface area contributed by atoms with Gasteiger partial charge in [-0.2, -0.15) is 13.2 Å². The van der Waals surface area contributed by atoms with Gasteiger partial charge < -0.3 is 10.3 Å². The molecule has 1 atom stereocenters. The van der Waals surface area contributed by atoms with E-state index >= 15 is 0 Å². The molecule has 0 spiro atoms. The minimum Gasteiger partial charge on any atom is -0.341 e. The highest BCUT2D eigenvalue weighted by Gasteiger charge is 2.30. The van der Waals surface area contributed by atoms with E-state index in [4.69, 9.17) is 11.6 Å². The van der Waals surface area contributed by atoms with Gasteiger partial charge in [-0.3, -0.25) is 14.4 Å². The molecule has 10 heteroatoms. The average molecular weight is 436 g/mol. The number of benzene rings is 2. The minimum atomic E-state index is -4.50. The number of amides is 1. The Morgan fingerprint density at radius 1 is 1.07 bits per heavy atom. The number of aldehydes is 1. The molecular weight excluding hydrogens is 423 g/mol. The van der Waals surface area contributed by atoms with Crippen LogP contribution < -0.4 is 10.9 Å². The highest BCUT2D eigenvalue weighted by Crippen LogP contribution is 2.31. The molecule has 3 rings (SSSR count). The fourth-order valence-electron chi connectivity index (χ4n) is 2.72. The number of alkyl halides is 3. The zero-order valence-electron chi connectivity index (χ0n) is 15.0. The van der Waals surface area contributed by atoms with Crippen LogP contribution >= 0.6 is 11.6 Å². The van der Waals surface area contributed by atoms with Crippen LogP contribution in [-0.2, 0) is 6.18 Å². The number of carbonyl (C=O) groups is 2. The Kier molecular flexibility index (Phi) is 6.02. The molecule has 1 heterocycles. The molecule has 2 aromatic carbocycles. The maximum Gasteiger partial charge on any atom is 0.416 e. The van der Waals surface area contributed by atoms with Gasteiger partial charge in [0.15, 0.2) is 12.1 Å². The third-order valence-corrected chi connectivity index (χ3v) is 4.48. The Hall–Kier alpha value is -3.46. The number of halogens is 4. The summed E-state index contributed by atoms with van der Waals surface area (Å²) in [6.45, 7) is 0. The third-order valence-electron chi connectivity index (χ3n) is 4.23. The van der Waals surface area contributed by atoms with Crippen molar-refractivity contribution < 1.29 is 22.8 Å². The Labute approximate surface area is 172 Å². The smallest absolute Gasteiger partial charge is 0.341 e. The van der Waals surface area contributed by atoms with Crippen LogP contribution in [0.25, 0.3) is 0 Å². The predicted molar refractivity (Wildman–Crippen MR) is 102 cm³/mol. The normalized spacial score (nSPS) is 12.3. The van der Waals surface area contributed by atoms with Crippen molar-refractivity contribution in [3.8, 4) is 0 Å². The van der Waals surface area contributed by atoms with Crippen LogP contribution in [0.5, 0.6) is 0 Å². The molecule has 0 fully saturated rings. The van der Waals surface area contributed by atoms with E-state index in [1.807, 2.05) is 0 Å². The lowest BCUT2D eigenvalue weighted by atomic mass is 9.97. The first-order chi connectivity index (χ1) is 14.2. The summed E-state index contributed by atoms with van der Waals surface area (Å²) in [6.07, 6.45) is -3.23. The number of nitrogens with one attached hydrogen (secondary N) is 2. The lowest BCUT2D eigenvalue weighted by molar-refractivity contribution is -0.137. The fraction of sp³-hybridized carbons (Fsp3) is 0.100. The van der Waals surface area contributed by atoms with Crippen molar-refractivity contribution in [3.05, 3.63) is 98.2 Å². The molecule has 0 saturated heterocycles. The number of rotatable bonds is 5. The maximum atomic E-state index is 12.9. The predicted octanol–water partition coefficient (Wildman–Crippen LogP) is 3.77. The average Bonchev–Trinajstić information content (AvgIpc) is 2.72. The summed E-state index contributed by atoms with van der Waals surface area (Å²) in [5.74, 6) is -1.06.